The lowest BCUT2D eigenvalue weighted by molar-refractivity contribution is 0.402. The second-order valence-electron chi connectivity index (χ2n) is 3.84. The molecule has 0 spiro atoms. The molecule has 1 rings (SSSR count). The lowest BCUT2D eigenvalue weighted by Gasteiger charge is -2.10. The van der Waals surface area contributed by atoms with Crippen LogP contribution in [0.4, 0.5) is 0 Å². The van der Waals surface area contributed by atoms with E-state index in [9.17, 15) is 0 Å². The van der Waals surface area contributed by atoms with E-state index >= 15 is 0 Å². The summed E-state index contributed by atoms with van der Waals surface area (Å²) < 4.78 is 0. The Kier molecular flexibility index (Phi) is 4.63. The molecule has 2 heteroatoms. The van der Waals surface area contributed by atoms with Crippen LogP contribution in [0.5, 0.6) is 0 Å². The van der Waals surface area contributed by atoms with Crippen LogP contribution in [0.15, 0.2) is 24.3 Å². The average Bonchev–Trinajstić information content (AvgIpc) is 2.14. The molecule has 0 aliphatic rings. The van der Waals surface area contributed by atoms with Crippen molar-refractivity contribution < 1.29 is 0 Å². The minimum absolute atomic E-state index is 0.970. The fourth-order valence-electron chi connectivity index (χ4n) is 1.47. The Labute approximate surface area is 86.9 Å². The summed E-state index contributed by atoms with van der Waals surface area (Å²) in [4.78, 5) is 2.19. The standard InChI is InChI=1S/C12H20N2/c1-4-13-9-11-6-5-7-12(8-11)10-14(2)3/h5-8,13H,4,9-10H2,1-3H3. The molecule has 78 valence electrons. The topological polar surface area (TPSA) is 15.3 Å². The largest absolute Gasteiger partial charge is 0.313 e. The summed E-state index contributed by atoms with van der Waals surface area (Å²) >= 11 is 0. The summed E-state index contributed by atoms with van der Waals surface area (Å²) in [7, 11) is 4.19. The lowest BCUT2D eigenvalue weighted by atomic mass is 10.1. The molecule has 0 aromatic heterocycles. The third kappa shape index (κ3) is 3.90. The molecule has 0 saturated heterocycles. The van der Waals surface area contributed by atoms with Crippen LogP contribution in [0.3, 0.4) is 0 Å². The second kappa shape index (κ2) is 5.78. The summed E-state index contributed by atoms with van der Waals surface area (Å²) in [5, 5.41) is 3.33. The average molecular weight is 192 g/mol. The molecule has 0 heterocycles. The molecule has 2 nitrogen and oxygen atoms in total. The third-order valence-electron chi connectivity index (χ3n) is 2.07. The molecule has 0 bridgehead atoms. The van der Waals surface area contributed by atoms with Crippen LogP contribution in [0, 0.1) is 0 Å². The highest BCUT2D eigenvalue weighted by atomic mass is 15.0. The number of hydrogen-bond donors (Lipinski definition) is 1. The maximum Gasteiger partial charge on any atom is 0.0227 e. The highest BCUT2D eigenvalue weighted by molar-refractivity contribution is 5.23. The van der Waals surface area contributed by atoms with Gasteiger partial charge < -0.3 is 10.2 Å². The van der Waals surface area contributed by atoms with Gasteiger partial charge in [-0.05, 0) is 31.8 Å². The van der Waals surface area contributed by atoms with Gasteiger partial charge in [-0.1, -0.05) is 31.2 Å². The van der Waals surface area contributed by atoms with Crippen LogP contribution in [-0.2, 0) is 13.1 Å². The minimum Gasteiger partial charge on any atom is -0.313 e. The zero-order chi connectivity index (χ0) is 10.4. The number of nitrogens with one attached hydrogen (secondary N) is 1. The predicted octanol–water partition coefficient (Wildman–Crippen LogP) is 1.86. The molecule has 0 aliphatic carbocycles. The van der Waals surface area contributed by atoms with Gasteiger partial charge in [0.1, 0.15) is 0 Å². The second-order valence-corrected chi connectivity index (χ2v) is 3.84. The van der Waals surface area contributed by atoms with E-state index in [-0.39, 0.29) is 0 Å². The van der Waals surface area contributed by atoms with Crippen molar-refractivity contribution in [3.05, 3.63) is 35.4 Å². The van der Waals surface area contributed by atoms with Crippen molar-refractivity contribution in [3.63, 3.8) is 0 Å². The van der Waals surface area contributed by atoms with E-state index in [0.717, 1.165) is 19.6 Å². The third-order valence-corrected chi connectivity index (χ3v) is 2.07. The first kappa shape index (κ1) is 11.2. The Morgan fingerprint density at radius 1 is 1.21 bits per heavy atom. The zero-order valence-electron chi connectivity index (χ0n) is 9.38. The summed E-state index contributed by atoms with van der Waals surface area (Å²) in [6.07, 6.45) is 0. The predicted molar refractivity (Wildman–Crippen MR) is 61.2 cm³/mol. The quantitative estimate of drug-likeness (QED) is 0.766. The van der Waals surface area contributed by atoms with Crippen molar-refractivity contribution >= 4 is 0 Å². The molecular weight excluding hydrogens is 172 g/mol. The van der Waals surface area contributed by atoms with Crippen molar-refractivity contribution in [1.82, 2.24) is 10.2 Å². The van der Waals surface area contributed by atoms with Gasteiger partial charge in [0, 0.05) is 13.1 Å². The van der Waals surface area contributed by atoms with Crippen LogP contribution in [-0.4, -0.2) is 25.5 Å². The molecule has 0 saturated carbocycles. The molecule has 0 aliphatic heterocycles. The van der Waals surface area contributed by atoms with E-state index in [1.165, 1.54) is 11.1 Å². The molecule has 14 heavy (non-hydrogen) atoms. The molecular formula is C12H20N2. The van der Waals surface area contributed by atoms with Crippen molar-refractivity contribution in [2.75, 3.05) is 20.6 Å². The number of benzene rings is 1. The number of hydrogen-bond acceptors (Lipinski definition) is 2. The highest BCUT2D eigenvalue weighted by Gasteiger charge is 1.96. The van der Waals surface area contributed by atoms with E-state index in [1.807, 2.05) is 0 Å². The number of nitrogens with zero attached hydrogens (tertiary/aromatic N) is 1. The van der Waals surface area contributed by atoms with E-state index in [0.29, 0.717) is 0 Å². The first-order valence-corrected chi connectivity index (χ1v) is 5.15. The SMILES string of the molecule is CCNCc1cccc(CN(C)C)c1. The molecule has 1 N–H and O–H groups in total. The molecule has 0 atom stereocenters. The van der Waals surface area contributed by atoms with Crippen molar-refractivity contribution in [3.8, 4) is 0 Å². The number of rotatable bonds is 5. The van der Waals surface area contributed by atoms with Crippen LogP contribution in [0.1, 0.15) is 18.1 Å². The molecule has 0 unspecified atom stereocenters. The fraction of sp³-hybridized carbons (Fsp3) is 0.500. The Morgan fingerprint density at radius 2 is 1.93 bits per heavy atom. The van der Waals surface area contributed by atoms with Gasteiger partial charge in [-0.3, -0.25) is 0 Å². The summed E-state index contributed by atoms with van der Waals surface area (Å²) in [6, 6.07) is 8.74. The smallest absolute Gasteiger partial charge is 0.0227 e. The fourth-order valence-corrected chi connectivity index (χ4v) is 1.47. The minimum atomic E-state index is 0.970. The Bertz CT molecular complexity index is 269. The Hall–Kier alpha value is -0.860. The van der Waals surface area contributed by atoms with Gasteiger partial charge in [-0.25, -0.2) is 0 Å². The zero-order valence-corrected chi connectivity index (χ0v) is 9.38. The van der Waals surface area contributed by atoms with E-state index in [1.54, 1.807) is 0 Å². The van der Waals surface area contributed by atoms with E-state index in [4.69, 9.17) is 0 Å². The normalized spacial score (nSPS) is 10.9. The molecule has 0 amide bonds. The van der Waals surface area contributed by atoms with Crippen LogP contribution in [0.25, 0.3) is 0 Å². The van der Waals surface area contributed by atoms with Crippen molar-refractivity contribution in [2.24, 2.45) is 0 Å². The van der Waals surface area contributed by atoms with Crippen molar-refractivity contribution in [1.29, 1.82) is 0 Å². The first-order chi connectivity index (χ1) is 6.72. The van der Waals surface area contributed by atoms with Gasteiger partial charge >= 0.3 is 0 Å². The van der Waals surface area contributed by atoms with Crippen LogP contribution in [0.2, 0.25) is 0 Å². The first-order valence-electron chi connectivity index (χ1n) is 5.15. The highest BCUT2D eigenvalue weighted by Crippen LogP contribution is 2.06. The lowest BCUT2D eigenvalue weighted by Crippen LogP contribution is -2.13. The summed E-state index contributed by atoms with van der Waals surface area (Å²) in [6.45, 7) is 5.14. The maximum atomic E-state index is 3.33. The molecule has 0 radical (unpaired) electrons. The van der Waals surface area contributed by atoms with Crippen molar-refractivity contribution in [2.45, 2.75) is 20.0 Å². The molecule has 1 aromatic carbocycles. The van der Waals surface area contributed by atoms with Gasteiger partial charge in [-0.15, -0.1) is 0 Å². The van der Waals surface area contributed by atoms with Crippen LogP contribution >= 0.6 is 0 Å². The van der Waals surface area contributed by atoms with E-state index < -0.39 is 0 Å². The van der Waals surface area contributed by atoms with Gasteiger partial charge in [0.25, 0.3) is 0 Å². The summed E-state index contributed by atoms with van der Waals surface area (Å²) in [5.41, 5.74) is 2.75. The Balaban J connectivity index is 2.59. The monoisotopic (exact) mass is 192 g/mol. The Morgan fingerprint density at radius 3 is 2.57 bits per heavy atom. The van der Waals surface area contributed by atoms with Gasteiger partial charge in [0.2, 0.25) is 0 Å². The van der Waals surface area contributed by atoms with E-state index in [2.05, 4.69) is 55.5 Å². The van der Waals surface area contributed by atoms with Crippen LogP contribution < -0.4 is 5.32 Å². The maximum absolute atomic E-state index is 3.33. The van der Waals surface area contributed by atoms with Gasteiger partial charge in [0.15, 0.2) is 0 Å². The summed E-state index contributed by atoms with van der Waals surface area (Å²) in [5.74, 6) is 0. The molecule has 1 aromatic rings. The van der Waals surface area contributed by atoms with Gasteiger partial charge in [0.05, 0.1) is 0 Å². The van der Waals surface area contributed by atoms with Gasteiger partial charge in [-0.2, -0.15) is 0 Å². The molecule has 0 fully saturated rings.